The molecule has 0 radical (unpaired) electrons. The maximum absolute atomic E-state index is 12.4. The van der Waals surface area contributed by atoms with E-state index < -0.39 is 0 Å². The summed E-state index contributed by atoms with van der Waals surface area (Å²) in [5.41, 5.74) is 3.47. The molecule has 24 heavy (non-hydrogen) atoms. The van der Waals surface area contributed by atoms with Crippen molar-refractivity contribution in [2.75, 3.05) is 5.32 Å². The summed E-state index contributed by atoms with van der Waals surface area (Å²) in [5, 5.41) is 7.63. The van der Waals surface area contributed by atoms with Crippen molar-refractivity contribution in [1.29, 1.82) is 0 Å². The number of hydrogen-bond acceptors (Lipinski definition) is 4. The average molecular weight is 333 g/mol. The Morgan fingerprint density at radius 2 is 1.96 bits per heavy atom. The summed E-state index contributed by atoms with van der Waals surface area (Å²) in [4.78, 5) is 14.7. The topological polar surface area (TPSA) is 46.9 Å². The van der Waals surface area contributed by atoms with Gasteiger partial charge in [0.15, 0.2) is 5.78 Å². The lowest BCUT2D eigenvalue weighted by molar-refractivity contribution is 0.104. The number of nitrogens with zero attached hydrogens (tertiary/aromatic N) is 2. The van der Waals surface area contributed by atoms with Crippen molar-refractivity contribution in [3.63, 3.8) is 0 Å². The highest BCUT2D eigenvalue weighted by Crippen LogP contribution is 2.44. The third kappa shape index (κ3) is 2.86. The lowest BCUT2D eigenvalue weighted by Gasteiger charge is -2.20. The maximum Gasteiger partial charge on any atom is 0.185 e. The van der Waals surface area contributed by atoms with Gasteiger partial charge < -0.3 is 5.32 Å². The molecule has 0 bridgehead atoms. The Labute approximate surface area is 144 Å². The Morgan fingerprint density at radius 3 is 2.79 bits per heavy atom. The molecule has 1 aliphatic heterocycles. The molecule has 118 valence electrons. The molecule has 1 aliphatic rings. The molecular weight excluding hydrogens is 318 g/mol. The van der Waals surface area contributed by atoms with Gasteiger partial charge in [0, 0.05) is 28.6 Å². The SMILES string of the molecule is Cn1ccc(/C=C/C(=O)c2ccc3c(c2)Nc2ccccc2S3)n1. The minimum atomic E-state index is -0.0332. The first-order valence-corrected chi connectivity index (χ1v) is 8.41. The Balaban J connectivity index is 1.58. The van der Waals surface area contributed by atoms with E-state index in [2.05, 4.69) is 16.5 Å². The number of aryl methyl sites for hydroxylation is 1. The molecule has 0 unspecified atom stereocenters. The van der Waals surface area contributed by atoms with E-state index in [4.69, 9.17) is 0 Å². The summed E-state index contributed by atoms with van der Waals surface area (Å²) in [6, 6.07) is 15.8. The van der Waals surface area contributed by atoms with E-state index in [1.54, 1.807) is 28.6 Å². The molecule has 2 heterocycles. The summed E-state index contributed by atoms with van der Waals surface area (Å²) in [5.74, 6) is -0.0332. The predicted molar refractivity (Wildman–Crippen MR) is 96.9 cm³/mol. The van der Waals surface area contributed by atoms with Crippen molar-refractivity contribution in [1.82, 2.24) is 9.78 Å². The van der Waals surface area contributed by atoms with Crippen molar-refractivity contribution in [3.05, 3.63) is 72.1 Å². The largest absolute Gasteiger partial charge is 0.354 e. The van der Waals surface area contributed by atoms with Gasteiger partial charge in [0.1, 0.15) is 0 Å². The van der Waals surface area contributed by atoms with Gasteiger partial charge in [-0.05, 0) is 48.6 Å². The Kier molecular flexibility index (Phi) is 3.70. The fourth-order valence-electron chi connectivity index (χ4n) is 2.57. The van der Waals surface area contributed by atoms with Crippen LogP contribution in [0.4, 0.5) is 11.4 Å². The van der Waals surface area contributed by atoms with Crippen LogP contribution in [-0.4, -0.2) is 15.6 Å². The first kappa shape index (κ1) is 14.8. The minimum Gasteiger partial charge on any atom is -0.354 e. The van der Waals surface area contributed by atoms with Gasteiger partial charge in [-0.15, -0.1) is 0 Å². The highest BCUT2D eigenvalue weighted by atomic mass is 32.2. The van der Waals surface area contributed by atoms with Gasteiger partial charge >= 0.3 is 0 Å². The van der Waals surface area contributed by atoms with Gasteiger partial charge in [-0.2, -0.15) is 5.10 Å². The number of benzene rings is 2. The third-order valence-corrected chi connectivity index (χ3v) is 4.93. The molecule has 1 aromatic heterocycles. The van der Waals surface area contributed by atoms with E-state index >= 15 is 0 Å². The second-order valence-corrected chi connectivity index (χ2v) is 6.63. The minimum absolute atomic E-state index is 0.0332. The van der Waals surface area contributed by atoms with E-state index in [0.29, 0.717) is 5.56 Å². The molecule has 0 atom stereocenters. The van der Waals surface area contributed by atoms with E-state index in [-0.39, 0.29) is 5.78 Å². The van der Waals surface area contributed by atoms with Crippen LogP contribution in [0, 0.1) is 0 Å². The van der Waals surface area contributed by atoms with Crippen LogP contribution in [0.2, 0.25) is 0 Å². The maximum atomic E-state index is 12.4. The molecule has 3 aromatic rings. The number of fused-ring (bicyclic) bond motifs is 2. The number of hydrogen-bond donors (Lipinski definition) is 1. The number of aromatic nitrogens is 2. The fourth-order valence-corrected chi connectivity index (χ4v) is 3.54. The third-order valence-electron chi connectivity index (χ3n) is 3.78. The molecule has 5 heteroatoms. The molecular formula is C19H15N3OS. The second kappa shape index (κ2) is 6.02. The Hall–Kier alpha value is -2.79. The molecule has 0 spiro atoms. The lowest BCUT2D eigenvalue weighted by atomic mass is 10.1. The van der Waals surface area contributed by atoms with Crippen molar-refractivity contribution < 1.29 is 4.79 Å². The molecule has 0 amide bonds. The van der Waals surface area contributed by atoms with Crippen LogP contribution in [0.25, 0.3) is 6.08 Å². The standard InChI is InChI=1S/C19H15N3OS/c1-22-11-10-14(21-22)7-8-17(23)13-6-9-19-16(12-13)20-15-4-2-3-5-18(15)24-19/h2-12,20H,1H3/b8-7+. The normalized spacial score (nSPS) is 12.5. The van der Waals surface area contributed by atoms with Crippen molar-refractivity contribution in [2.45, 2.75) is 9.79 Å². The molecule has 1 N–H and O–H groups in total. The van der Waals surface area contributed by atoms with Crippen LogP contribution in [-0.2, 0) is 7.05 Å². The molecule has 0 saturated heterocycles. The highest BCUT2D eigenvalue weighted by Gasteiger charge is 2.16. The summed E-state index contributed by atoms with van der Waals surface area (Å²) >= 11 is 1.71. The number of para-hydroxylation sites is 1. The highest BCUT2D eigenvalue weighted by molar-refractivity contribution is 7.99. The fraction of sp³-hybridized carbons (Fsp3) is 0.0526. The van der Waals surface area contributed by atoms with Crippen LogP contribution in [0.5, 0.6) is 0 Å². The summed E-state index contributed by atoms with van der Waals surface area (Å²) in [6.45, 7) is 0. The number of rotatable bonds is 3. The van der Waals surface area contributed by atoms with Gasteiger partial charge in [0.05, 0.1) is 17.1 Å². The number of nitrogens with one attached hydrogen (secondary N) is 1. The predicted octanol–water partition coefficient (Wildman–Crippen LogP) is 4.52. The van der Waals surface area contributed by atoms with Crippen LogP contribution in [0.3, 0.4) is 0 Å². The first-order chi connectivity index (χ1) is 11.7. The van der Waals surface area contributed by atoms with Gasteiger partial charge in [0.25, 0.3) is 0 Å². The molecule has 0 fully saturated rings. The monoisotopic (exact) mass is 333 g/mol. The number of allylic oxidation sites excluding steroid dienone is 1. The van der Waals surface area contributed by atoms with Gasteiger partial charge in [-0.25, -0.2) is 0 Å². The number of carbonyl (C=O) groups is 1. The average Bonchev–Trinajstić information content (AvgIpc) is 3.02. The smallest absolute Gasteiger partial charge is 0.185 e. The van der Waals surface area contributed by atoms with Crippen LogP contribution in [0.15, 0.2) is 70.6 Å². The zero-order valence-corrected chi connectivity index (χ0v) is 13.9. The van der Waals surface area contributed by atoms with Crippen molar-refractivity contribution in [3.8, 4) is 0 Å². The van der Waals surface area contributed by atoms with Crippen LogP contribution < -0.4 is 5.32 Å². The van der Waals surface area contributed by atoms with Crippen molar-refractivity contribution >= 4 is 35.0 Å². The van der Waals surface area contributed by atoms with E-state index in [1.807, 2.05) is 55.7 Å². The molecule has 4 rings (SSSR count). The van der Waals surface area contributed by atoms with Gasteiger partial charge in [-0.3, -0.25) is 9.48 Å². The number of anilines is 2. The van der Waals surface area contributed by atoms with Crippen LogP contribution in [0.1, 0.15) is 16.1 Å². The molecule has 4 nitrogen and oxygen atoms in total. The van der Waals surface area contributed by atoms with E-state index in [1.165, 1.54) is 4.90 Å². The number of ketones is 1. The van der Waals surface area contributed by atoms with E-state index in [0.717, 1.165) is 22.0 Å². The lowest BCUT2D eigenvalue weighted by Crippen LogP contribution is -2.02. The van der Waals surface area contributed by atoms with Crippen LogP contribution >= 0.6 is 11.8 Å². The molecule has 2 aromatic carbocycles. The van der Waals surface area contributed by atoms with Gasteiger partial charge in [-0.1, -0.05) is 23.9 Å². The van der Waals surface area contributed by atoms with E-state index in [9.17, 15) is 4.79 Å². The molecule has 0 saturated carbocycles. The van der Waals surface area contributed by atoms with Crippen molar-refractivity contribution in [2.24, 2.45) is 7.05 Å². The Bertz CT molecular complexity index is 959. The zero-order valence-electron chi connectivity index (χ0n) is 13.1. The second-order valence-electron chi connectivity index (χ2n) is 5.55. The first-order valence-electron chi connectivity index (χ1n) is 7.59. The quantitative estimate of drug-likeness (QED) is 0.442. The zero-order chi connectivity index (χ0) is 16.5. The summed E-state index contributed by atoms with van der Waals surface area (Å²) in [6.07, 6.45) is 5.15. The Morgan fingerprint density at radius 1 is 1.12 bits per heavy atom. The molecule has 0 aliphatic carbocycles. The summed E-state index contributed by atoms with van der Waals surface area (Å²) in [7, 11) is 1.85. The van der Waals surface area contributed by atoms with Gasteiger partial charge in [0.2, 0.25) is 0 Å². The summed E-state index contributed by atoms with van der Waals surface area (Å²) < 4.78 is 1.71. The number of carbonyl (C=O) groups excluding carboxylic acids is 1.